The number of rotatable bonds is 5. The summed E-state index contributed by atoms with van der Waals surface area (Å²) in [6.45, 7) is 0.568. The molecule has 1 aliphatic heterocycles. The highest BCUT2D eigenvalue weighted by Gasteiger charge is 2.30. The lowest BCUT2D eigenvalue weighted by Crippen LogP contribution is -2.51. The van der Waals surface area contributed by atoms with Crippen LogP contribution in [0.25, 0.3) is 16.7 Å². The number of hydrogen-bond donors (Lipinski definition) is 1. The number of thioether (sulfide) groups is 1. The molecule has 0 radical (unpaired) electrons. The molecule has 9 heteroatoms. The Bertz CT molecular complexity index is 1010. The minimum absolute atomic E-state index is 0.101. The highest BCUT2D eigenvalue weighted by Crippen LogP contribution is 2.27. The minimum Gasteiger partial charge on any atom is -0.368 e. The van der Waals surface area contributed by atoms with Gasteiger partial charge in [0, 0.05) is 6.54 Å². The molecule has 2 amide bonds. The molecule has 1 atom stereocenters. The minimum atomic E-state index is -0.506. The van der Waals surface area contributed by atoms with Crippen molar-refractivity contribution < 1.29 is 9.59 Å². The molecule has 1 fully saturated rings. The summed E-state index contributed by atoms with van der Waals surface area (Å²) in [5, 5.41) is 5.90. The van der Waals surface area contributed by atoms with Crippen molar-refractivity contribution in [2.45, 2.75) is 30.3 Å². The van der Waals surface area contributed by atoms with Gasteiger partial charge in [0.25, 0.3) is 0 Å². The van der Waals surface area contributed by atoms with Crippen molar-refractivity contribution in [3.63, 3.8) is 0 Å². The maximum absolute atomic E-state index is 12.7. The van der Waals surface area contributed by atoms with E-state index < -0.39 is 11.9 Å². The van der Waals surface area contributed by atoms with Gasteiger partial charge in [0.05, 0.1) is 23.0 Å². The average molecular weight is 396 g/mol. The maximum atomic E-state index is 12.7. The van der Waals surface area contributed by atoms with Gasteiger partial charge in [-0.2, -0.15) is 5.10 Å². The Balaban J connectivity index is 1.53. The number of nitrogens with zero attached hydrogens (tertiary/aromatic N) is 5. The Labute approximate surface area is 166 Å². The van der Waals surface area contributed by atoms with Crippen molar-refractivity contribution in [3.8, 4) is 5.69 Å². The number of carbonyl (C=O) groups is 2. The lowest BCUT2D eigenvalue weighted by Gasteiger charge is -2.33. The lowest BCUT2D eigenvalue weighted by molar-refractivity contribution is -0.138. The third-order valence-corrected chi connectivity index (χ3v) is 5.80. The number of aromatic nitrogens is 4. The van der Waals surface area contributed by atoms with Gasteiger partial charge in [0.1, 0.15) is 17.4 Å². The van der Waals surface area contributed by atoms with E-state index >= 15 is 0 Å². The van der Waals surface area contributed by atoms with Gasteiger partial charge in [-0.1, -0.05) is 30.0 Å². The number of amides is 2. The van der Waals surface area contributed by atoms with E-state index in [4.69, 9.17) is 5.73 Å². The molecular weight excluding hydrogens is 376 g/mol. The molecule has 2 N–H and O–H groups in total. The fraction of sp³-hybridized carbons (Fsp3) is 0.316. The molecule has 144 valence electrons. The van der Waals surface area contributed by atoms with Crippen molar-refractivity contribution >= 4 is 34.6 Å². The molecule has 0 bridgehead atoms. The van der Waals surface area contributed by atoms with Crippen LogP contribution in [0, 0.1) is 0 Å². The first kappa shape index (κ1) is 18.4. The van der Waals surface area contributed by atoms with Crippen LogP contribution in [-0.4, -0.2) is 54.8 Å². The van der Waals surface area contributed by atoms with Crippen molar-refractivity contribution in [1.29, 1.82) is 0 Å². The molecule has 8 nitrogen and oxygen atoms in total. The van der Waals surface area contributed by atoms with Gasteiger partial charge in [0.15, 0.2) is 5.65 Å². The topological polar surface area (TPSA) is 107 Å². The molecule has 0 spiro atoms. The molecule has 3 heterocycles. The predicted octanol–water partition coefficient (Wildman–Crippen LogP) is 1.77. The van der Waals surface area contributed by atoms with Gasteiger partial charge < -0.3 is 10.6 Å². The summed E-state index contributed by atoms with van der Waals surface area (Å²) in [4.78, 5) is 34.6. The van der Waals surface area contributed by atoms with E-state index in [0.717, 1.165) is 23.9 Å². The van der Waals surface area contributed by atoms with Crippen LogP contribution in [0.2, 0.25) is 0 Å². The first-order chi connectivity index (χ1) is 13.6. The predicted molar refractivity (Wildman–Crippen MR) is 106 cm³/mol. The molecule has 4 rings (SSSR count). The van der Waals surface area contributed by atoms with E-state index in [0.29, 0.717) is 23.6 Å². The second-order valence-electron chi connectivity index (χ2n) is 6.60. The normalized spacial score (nSPS) is 17.0. The Morgan fingerprint density at radius 1 is 1.18 bits per heavy atom. The standard InChI is InChI=1S/C19H20N6O2S/c20-17(27)15-8-4-5-9-24(15)16(26)11-28-19-14-10-23-25(18(14)21-12-22-19)13-6-2-1-3-7-13/h1-3,6-7,10,12,15H,4-5,8-9,11H2,(H2,20,27)/t15-/m0/s1. The second kappa shape index (κ2) is 7.97. The summed E-state index contributed by atoms with van der Waals surface area (Å²) in [5.74, 6) is -0.353. The third kappa shape index (κ3) is 3.57. The number of para-hydroxylation sites is 1. The summed E-state index contributed by atoms with van der Waals surface area (Å²) < 4.78 is 1.75. The van der Waals surface area contributed by atoms with Crippen LogP contribution in [0.3, 0.4) is 0 Å². The molecule has 1 aromatic carbocycles. The Kier molecular flexibility index (Phi) is 5.25. The van der Waals surface area contributed by atoms with Gasteiger partial charge in [-0.15, -0.1) is 0 Å². The van der Waals surface area contributed by atoms with Gasteiger partial charge in [-0.3, -0.25) is 9.59 Å². The number of likely N-dealkylation sites (tertiary alicyclic amines) is 1. The summed E-state index contributed by atoms with van der Waals surface area (Å²) in [6.07, 6.45) is 5.62. The molecule has 1 aliphatic rings. The Morgan fingerprint density at radius 2 is 2.00 bits per heavy atom. The van der Waals surface area contributed by atoms with E-state index in [2.05, 4.69) is 15.1 Å². The smallest absolute Gasteiger partial charge is 0.240 e. The molecule has 2 aromatic heterocycles. The summed E-state index contributed by atoms with van der Waals surface area (Å²) in [5.41, 5.74) is 7.05. The quantitative estimate of drug-likeness (QED) is 0.520. The molecule has 0 unspecified atom stereocenters. The number of benzene rings is 1. The van der Waals surface area contributed by atoms with E-state index in [1.165, 1.54) is 18.1 Å². The molecule has 0 saturated carbocycles. The van der Waals surface area contributed by atoms with Crippen molar-refractivity contribution in [3.05, 3.63) is 42.9 Å². The van der Waals surface area contributed by atoms with Crippen LogP contribution >= 0.6 is 11.8 Å². The van der Waals surface area contributed by atoms with Gasteiger partial charge in [-0.25, -0.2) is 14.6 Å². The summed E-state index contributed by atoms with van der Waals surface area (Å²) >= 11 is 1.33. The van der Waals surface area contributed by atoms with E-state index in [1.807, 2.05) is 30.3 Å². The van der Waals surface area contributed by atoms with Crippen LogP contribution < -0.4 is 5.73 Å². The Morgan fingerprint density at radius 3 is 2.79 bits per heavy atom. The zero-order chi connectivity index (χ0) is 19.5. The molecule has 3 aromatic rings. The second-order valence-corrected chi connectivity index (χ2v) is 7.56. The summed E-state index contributed by atoms with van der Waals surface area (Å²) in [7, 11) is 0. The molecular formula is C19H20N6O2S. The number of hydrogen-bond acceptors (Lipinski definition) is 6. The van der Waals surface area contributed by atoms with Gasteiger partial charge in [-0.05, 0) is 31.4 Å². The van der Waals surface area contributed by atoms with Crippen LogP contribution in [0.1, 0.15) is 19.3 Å². The largest absolute Gasteiger partial charge is 0.368 e. The van der Waals surface area contributed by atoms with Crippen molar-refractivity contribution in [1.82, 2.24) is 24.6 Å². The number of nitrogens with two attached hydrogens (primary N) is 1. The molecule has 1 saturated heterocycles. The maximum Gasteiger partial charge on any atom is 0.240 e. The fourth-order valence-corrected chi connectivity index (χ4v) is 4.28. The number of fused-ring (bicyclic) bond motifs is 1. The van der Waals surface area contributed by atoms with E-state index in [-0.39, 0.29) is 11.7 Å². The first-order valence-corrected chi connectivity index (χ1v) is 10.1. The van der Waals surface area contributed by atoms with Crippen LogP contribution in [0.4, 0.5) is 0 Å². The Hall–Kier alpha value is -2.94. The van der Waals surface area contributed by atoms with Crippen LogP contribution in [-0.2, 0) is 9.59 Å². The number of primary amides is 1. The van der Waals surface area contributed by atoms with Crippen molar-refractivity contribution in [2.75, 3.05) is 12.3 Å². The first-order valence-electron chi connectivity index (χ1n) is 9.11. The zero-order valence-electron chi connectivity index (χ0n) is 15.2. The molecule has 0 aliphatic carbocycles. The van der Waals surface area contributed by atoms with Crippen LogP contribution in [0.5, 0.6) is 0 Å². The van der Waals surface area contributed by atoms with E-state index in [9.17, 15) is 9.59 Å². The molecule has 28 heavy (non-hydrogen) atoms. The third-order valence-electron chi connectivity index (χ3n) is 4.81. The van der Waals surface area contributed by atoms with Gasteiger partial charge in [0.2, 0.25) is 11.8 Å². The number of piperidine rings is 1. The highest BCUT2D eigenvalue weighted by atomic mass is 32.2. The number of carbonyl (C=O) groups excluding carboxylic acids is 2. The monoisotopic (exact) mass is 396 g/mol. The van der Waals surface area contributed by atoms with Gasteiger partial charge >= 0.3 is 0 Å². The highest BCUT2D eigenvalue weighted by molar-refractivity contribution is 8.00. The van der Waals surface area contributed by atoms with Crippen molar-refractivity contribution in [2.24, 2.45) is 5.73 Å². The SMILES string of the molecule is NC(=O)[C@@H]1CCCCN1C(=O)CSc1ncnc2c1cnn2-c1ccccc1. The fourth-order valence-electron chi connectivity index (χ4n) is 3.43. The summed E-state index contributed by atoms with van der Waals surface area (Å²) in [6, 6.07) is 9.21. The average Bonchev–Trinajstić information content (AvgIpc) is 3.17. The lowest BCUT2D eigenvalue weighted by atomic mass is 10.0. The van der Waals surface area contributed by atoms with E-state index in [1.54, 1.807) is 15.8 Å². The van der Waals surface area contributed by atoms with Crippen LogP contribution in [0.15, 0.2) is 47.9 Å². The zero-order valence-corrected chi connectivity index (χ0v) is 16.0.